The number of carbonyl (C=O) groups is 1. The normalized spacial score (nSPS) is 10.2. The molecule has 1 aromatic carbocycles. The zero-order valence-electron chi connectivity index (χ0n) is 11.1. The lowest BCUT2D eigenvalue weighted by Gasteiger charge is -2.18. The van der Waals surface area contributed by atoms with Crippen LogP contribution < -0.4 is 5.73 Å². The van der Waals surface area contributed by atoms with Gasteiger partial charge in [-0.05, 0) is 36.8 Å². The second-order valence-corrected chi connectivity index (χ2v) is 4.50. The van der Waals surface area contributed by atoms with Crippen molar-refractivity contribution in [3.63, 3.8) is 0 Å². The predicted octanol–water partition coefficient (Wildman–Crippen LogP) is 2.24. The molecule has 0 aliphatic rings. The lowest BCUT2D eigenvalue weighted by molar-refractivity contribution is 0.0783. The van der Waals surface area contributed by atoms with Crippen molar-refractivity contribution in [2.24, 2.45) is 0 Å². The molecule has 4 heteroatoms. The highest BCUT2D eigenvalue weighted by molar-refractivity contribution is 5.96. The van der Waals surface area contributed by atoms with Gasteiger partial charge in [0.25, 0.3) is 5.91 Å². The zero-order valence-corrected chi connectivity index (χ0v) is 11.1. The lowest BCUT2D eigenvalue weighted by atomic mass is 10.1. The maximum atomic E-state index is 12.4. The second-order valence-electron chi connectivity index (χ2n) is 4.50. The number of amides is 1. The van der Waals surface area contributed by atoms with Crippen LogP contribution in [-0.4, -0.2) is 22.8 Å². The number of anilines is 1. The SMILES string of the molecule is Cc1c(N)cccc1C(=O)N(C)Cc1ccccn1. The van der Waals surface area contributed by atoms with Crippen molar-refractivity contribution in [3.8, 4) is 0 Å². The highest BCUT2D eigenvalue weighted by Crippen LogP contribution is 2.17. The van der Waals surface area contributed by atoms with Crippen LogP contribution in [0.25, 0.3) is 0 Å². The molecular weight excluding hydrogens is 238 g/mol. The Kier molecular flexibility index (Phi) is 3.80. The molecule has 0 bridgehead atoms. The first-order chi connectivity index (χ1) is 9.09. The van der Waals surface area contributed by atoms with E-state index in [4.69, 9.17) is 5.73 Å². The molecular formula is C15H17N3O. The minimum Gasteiger partial charge on any atom is -0.398 e. The van der Waals surface area contributed by atoms with Crippen LogP contribution in [0.4, 0.5) is 5.69 Å². The largest absolute Gasteiger partial charge is 0.398 e. The van der Waals surface area contributed by atoms with Crippen LogP contribution in [0.1, 0.15) is 21.6 Å². The maximum Gasteiger partial charge on any atom is 0.254 e. The van der Waals surface area contributed by atoms with Gasteiger partial charge < -0.3 is 10.6 Å². The minimum atomic E-state index is -0.0459. The molecule has 1 heterocycles. The van der Waals surface area contributed by atoms with E-state index >= 15 is 0 Å². The third-order valence-electron chi connectivity index (χ3n) is 3.08. The molecule has 0 aliphatic heterocycles. The van der Waals surface area contributed by atoms with Gasteiger partial charge >= 0.3 is 0 Å². The Labute approximate surface area is 112 Å². The fourth-order valence-electron chi connectivity index (χ4n) is 1.90. The van der Waals surface area contributed by atoms with Crippen LogP contribution in [-0.2, 0) is 6.54 Å². The molecule has 4 nitrogen and oxygen atoms in total. The number of hydrogen-bond donors (Lipinski definition) is 1. The van der Waals surface area contributed by atoms with Gasteiger partial charge in [-0.3, -0.25) is 9.78 Å². The zero-order chi connectivity index (χ0) is 13.8. The number of nitrogens with two attached hydrogens (primary N) is 1. The number of rotatable bonds is 3. The summed E-state index contributed by atoms with van der Waals surface area (Å²) in [5, 5.41) is 0. The quantitative estimate of drug-likeness (QED) is 0.856. The van der Waals surface area contributed by atoms with Crippen molar-refractivity contribution in [1.82, 2.24) is 9.88 Å². The summed E-state index contributed by atoms with van der Waals surface area (Å²) in [7, 11) is 1.76. The van der Waals surface area contributed by atoms with Crippen molar-refractivity contribution in [2.75, 3.05) is 12.8 Å². The molecule has 0 fully saturated rings. The van der Waals surface area contributed by atoms with Gasteiger partial charge in [0.15, 0.2) is 0 Å². The van der Waals surface area contributed by atoms with E-state index in [-0.39, 0.29) is 5.91 Å². The number of nitrogen functional groups attached to an aromatic ring is 1. The van der Waals surface area contributed by atoms with Crippen LogP contribution in [0.5, 0.6) is 0 Å². The Bertz CT molecular complexity index is 581. The molecule has 98 valence electrons. The average molecular weight is 255 g/mol. The van der Waals surface area contributed by atoms with E-state index in [0.717, 1.165) is 11.3 Å². The van der Waals surface area contributed by atoms with Gasteiger partial charge in [0.05, 0.1) is 12.2 Å². The Morgan fingerprint density at radius 3 is 2.74 bits per heavy atom. The molecule has 0 unspecified atom stereocenters. The summed E-state index contributed by atoms with van der Waals surface area (Å²) in [5.41, 5.74) is 8.78. The Morgan fingerprint density at radius 2 is 2.05 bits per heavy atom. The van der Waals surface area contributed by atoms with Crippen LogP contribution in [0.2, 0.25) is 0 Å². The monoisotopic (exact) mass is 255 g/mol. The molecule has 19 heavy (non-hydrogen) atoms. The number of nitrogens with zero attached hydrogens (tertiary/aromatic N) is 2. The van der Waals surface area contributed by atoms with Gasteiger partial charge in [-0.1, -0.05) is 12.1 Å². The van der Waals surface area contributed by atoms with Crippen LogP contribution in [0.15, 0.2) is 42.6 Å². The second kappa shape index (κ2) is 5.52. The van der Waals surface area contributed by atoms with Gasteiger partial charge in [0.1, 0.15) is 0 Å². The topological polar surface area (TPSA) is 59.2 Å². The number of hydrogen-bond acceptors (Lipinski definition) is 3. The molecule has 2 rings (SSSR count). The molecule has 1 aromatic heterocycles. The van der Waals surface area contributed by atoms with E-state index in [0.29, 0.717) is 17.8 Å². The molecule has 0 spiro atoms. The summed E-state index contributed by atoms with van der Waals surface area (Å²) in [4.78, 5) is 18.2. The van der Waals surface area contributed by atoms with E-state index in [2.05, 4.69) is 4.98 Å². The van der Waals surface area contributed by atoms with Gasteiger partial charge in [-0.15, -0.1) is 0 Å². The minimum absolute atomic E-state index is 0.0459. The molecule has 0 saturated heterocycles. The van der Waals surface area contributed by atoms with Crippen molar-refractivity contribution < 1.29 is 4.79 Å². The molecule has 0 radical (unpaired) electrons. The molecule has 0 atom stereocenters. The third kappa shape index (κ3) is 2.91. The summed E-state index contributed by atoms with van der Waals surface area (Å²) < 4.78 is 0. The van der Waals surface area contributed by atoms with Crippen molar-refractivity contribution >= 4 is 11.6 Å². The lowest BCUT2D eigenvalue weighted by Crippen LogP contribution is -2.27. The fraction of sp³-hybridized carbons (Fsp3) is 0.200. The summed E-state index contributed by atoms with van der Waals surface area (Å²) >= 11 is 0. The highest BCUT2D eigenvalue weighted by Gasteiger charge is 2.15. The number of aromatic nitrogens is 1. The number of benzene rings is 1. The van der Waals surface area contributed by atoms with Crippen molar-refractivity contribution in [2.45, 2.75) is 13.5 Å². The summed E-state index contributed by atoms with van der Waals surface area (Å²) in [6.45, 7) is 2.34. The van der Waals surface area contributed by atoms with Gasteiger partial charge in [-0.2, -0.15) is 0 Å². The van der Waals surface area contributed by atoms with E-state index < -0.39 is 0 Å². The molecule has 1 amide bonds. The van der Waals surface area contributed by atoms with Gasteiger partial charge in [0.2, 0.25) is 0 Å². The summed E-state index contributed by atoms with van der Waals surface area (Å²) in [6, 6.07) is 11.0. The van der Waals surface area contributed by atoms with Crippen LogP contribution in [0, 0.1) is 6.92 Å². The van der Waals surface area contributed by atoms with E-state index in [1.807, 2.05) is 25.1 Å². The first-order valence-electron chi connectivity index (χ1n) is 6.10. The molecule has 2 aromatic rings. The smallest absolute Gasteiger partial charge is 0.254 e. The van der Waals surface area contributed by atoms with Gasteiger partial charge in [-0.25, -0.2) is 0 Å². The first kappa shape index (κ1) is 13.1. The van der Waals surface area contributed by atoms with E-state index in [9.17, 15) is 4.79 Å². The Hall–Kier alpha value is -2.36. The predicted molar refractivity (Wildman–Crippen MR) is 75.6 cm³/mol. The Morgan fingerprint density at radius 1 is 1.26 bits per heavy atom. The van der Waals surface area contributed by atoms with E-state index in [1.165, 1.54) is 0 Å². The van der Waals surface area contributed by atoms with Crippen molar-refractivity contribution in [1.29, 1.82) is 0 Å². The van der Waals surface area contributed by atoms with Gasteiger partial charge in [0, 0.05) is 24.5 Å². The third-order valence-corrected chi connectivity index (χ3v) is 3.08. The summed E-state index contributed by atoms with van der Waals surface area (Å²) in [6.07, 6.45) is 1.72. The first-order valence-corrected chi connectivity index (χ1v) is 6.10. The molecule has 0 saturated carbocycles. The summed E-state index contributed by atoms with van der Waals surface area (Å²) in [5.74, 6) is -0.0459. The maximum absolute atomic E-state index is 12.4. The van der Waals surface area contributed by atoms with Crippen LogP contribution >= 0.6 is 0 Å². The molecule has 2 N–H and O–H groups in total. The standard InChI is InChI=1S/C15H17N3O/c1-11-13(7-5-8-14(11)16)15(19)18(2)10-12-6-3-4-9-17-12/h3-9H,10,16H2,1-2H3. The number of pyridine rings is 1. The number of carbonyl (C=O) groups excluding carboxylic acids is 1. The van der Waals surface area contributed by atoms with Crippen molar-refractivity contribution in [3.05, 3.63) is 59.4 Å². The fourth-order valence-corrected chi connectivity index (χ4v) is 1.90. The average Bonchev–Trinajstić information content (AvgIpc) is 2.42. The Balaban J connectivity index is 2.18. The van der Waals surface area contributed by atoms with E-state index in [1.54, 1.807) is 36.3 Å². The molecule has 0 aliphatic carbocycles. The van der Waals surface area contributed by atoms with Crippen LogP contribution in [0.3, 0.4) is 0 Å². The highest BCUT2D eigenvalue weighted by atomic mass is 16.2.